The third kappa shape index (κ3) is 7.11. The van der Waals surface area contributed by atoms with Gasteiger partial charge in [-0.15, -0.1) is 0 Å². The van der Waals surface area contributed by atoms with Crippen molar-refractivity contribution in [1.82, 2.24) is 10.6 Å². The number of carbonyl (C=O) groups is 2. The van der Waals surface area contributed by atoms with Crippen molar-refractivity contribution in [1.29, 1.82) is 0 Å². The van der Waals surface area contributed by atoms with Crippen LogP contribution in [0.4, 0.5) is 0 Å². The van der Waals surface area contributed by atoms with E-state index in [0.29, 0.717) is 6.54 Å². The lowest BCUT2D eigenvalue weighted by atomic mass is 10.2. The van der Waals surface area contributed by atoms with E-state index in [1.54, 1.807) is 0 Å². The Kier molecular flexibility index (Phi) is 8.37. The van der Waals surface area contributed by atoms with Gasteiger partial charge in [-0.2, -0.15) is 0 Å². The molecule has 0 aliphatic carbocycles. The number of amides is 2. The Labute approximate surface area is 102 Å². The molecule has 4 nitrogen and oxygen atoms in total. The minimum absolute atomic E-state index is 0.368. The molecule has 4 heteroatoms. The van der Waals surface area contributed by atoms with Crippen LogP contribution >= 0.6 is 0 Å². The van der Waals surface area contributed by atoms with Crippen molar-refractivity contribution in [2.45, 2.75) is 26.8 Å². The van der Waals surface area contributed by atoms with Crippen LogP contribution in [0.3, 0.4) is 0 Å². The lowest BCUT2D eigenvalue weighted by Gasteiger charge is -2.03. The van der Waals surface area contributed by atoms with E-state index >= 15 is 0 Å². The SMILES string of the molecule is CCC.CNC(=O)C(=O)NCc1ccccc1. The molecule has 0 saturated carbocycles. The summed E-state index contributed by atoms with van der Waals surface area (Å²) in [5.41, 5.74) is 0.963. The fourth-order valence-corrected chi connectivity index (χ4v) is 0.972. The lowest BCUT2D eigenvalue weighted by molar-refractivity contribution is -0.139. The quantitative estimate of drug-likeness (QED) is 0.764. The molecule has 0 spiro atoms. The first-order valence-corrected chi connectivity index (χ1v) is 5.69. The zero-order valence-corrected chi connectivity index (χ0v) is 10.6. The zero-order valence-electron chi connectivity index (χ0n) is 10.6. The summed E-state index contributed by atoms with van der Waals surface area (Å²) in [5.74, 6) is -1.24. The Morgan fingerprint density at radius 2 is 1.59 bits per heavy atom. The highest BCUT2D eigenvalue weighted by atomic mass is 16.2. The van der Waals surface area contributed by atoms with Gasteiger partial charge in [0.2, 0.25) is 0 Å². The molecular weight excluding hydrogens is 216 g/mol. The van der Waals surface area contributed by atoms with Crippen molar-refractivity contribution in [3.8, 4) is 0 Å². The van der Waals surface area contributed by atoms with Gasteiger partial charge in [0, 0.05) is 13.6 Å². The van der Waals surface area contributed by atoms with Gasteiger partial charge >= 0.3 is 11.8 Å². The Hall–Kier alpha value is -1.84. The number of benzene rings is 1. The fraction of sp³-hybridized carbons (Fsp3) is 0.385. The highest BCUT2D eigenvalue weighted by Crippen LogP contribution is 1.96. The molecule has 0 heterocycles. The number of nitrogens with one attached hydrogen (secondary N) is 2. The summed E-state index contributed by atoms with van der Waals surface area (Å²) in [4.78, 5) is 21.8. The Balaban J connectivity index is 0.000000770. The van der Waals surface area contributed by atoms with Gasteiger partial charge in [0.05, 0.1) is 0 Å². The number of carbonyl (C=O) groups excluding carboxylic acids is 2. The maximum absolute atomic E-state index is 11.0. The average Bonchev–Trinajstić information content (AvgIpc) is 2.37. The Morgan fingerprint density at radius 3 is 2.06 bits per heavy atom. The largest absolute Gasteiger partial charge is 0.351 e. The van der Waals surface area contributed by atoms with Crippen LogP contribution in [0.1, 0.15) is 25.8 Å². The van der Waals surface area contributed by atoms with Crippen LogP contribution in [0, 0.1) is 0 Å². The smallest absolute Gasteiger partial charge is 0.309 e. The molecule has 1 aromatic carbocycles. The van der Waals surface area contributed by atoms with Gasteiger partial charge in [-0.3, -0.25) is 9.59 Å². The molecule has 1 aromatic rings. The molecule has 0 aromatic heterocycles. The minimum atomic E-state index is -0.624. The molecule has 0 radical (unpaired) electrons. The first kappa shape index (κ1) is 15.2. The first-order valence-electron chi connectivity index (χ1n) is 5.69. The van der Waals surface area contributed by atoms with Crippen LogP contribution < -0.4 is 10.6 Å². The summed E-state index contributed by atoms with van der Waals surface area (Å²) in [7, 11) is 1.42. The summed E-state index contributed by atoms with van der Waals surface area (Å²) in [5, 5.41) is 4.75. The van der Waals surface area contributed by atoms with Gasteiger partial charge in [0.15, 0.2) is 0 Å². The van der Waals surface area contributed by atoms with Crippen molar-refractivity contribution in [2.75, 3.05) is 7.05 Å². The Morgan fingerprint density at radius 1 is 1.06 bits per heavy atom. The Bertz CT molecular complexity index is 337. The van der Waals surface area contributed by atoms with Crippen LogP contribution in [0.15, 0.2) is 30.3 Å². The van der Waals surface area contributed by atoms with Gasteiger partial charge in [-0.25, -0.2) is 0 Å². The number of hydrogen-bond acceptors (Lipinski definition) is 2. The summed E-state index contributed by atoms with van der Waals surface area (Å²) >= 11 is 0. The fourth-order valence-electron chi connectivity index (χ4n) is 0.972. The first-order chi connectivity index (χ1) is 8.15. The standard InChI is InChI=1S/C10H12N2O2.C3H8/c1-11-9(13)10(14)12-7-8-5-3-2-4-6-8;1-3-2/h2-6H,7H2,1H3,(H,11,13)(H,12,14);3H2,1-2H3. The van der Waals surface area contributed by atoms with E-state index in [9.17, 15) is 9.59 Å². The normalized spacial score (nSPS) is 8.65. The molecule has 0 saturated heterocycles. The minimum Gasteiger partial charge on any atom is -0.351 e. The van der Waals surface area contributed by atoms with E-state index in [-0.39, 0.29) is 0 Å². The van der Waals surface area contributed by atoms with Crippen molar-refractivity contribution < 1.29 is 9.59 Å². The summed E-state index contributed by atoms with van der Waals surface area (Å²) in [6.07, 6.45) is 1.25. The van der Waals surface area contributed by atoms with E-state index in [0.717, 1.165) is 5.56 Å². The number of hydrogen-bond donors (Lipinski definition) is 2. The molecule has 0 fully saturated rings. The topological polar surface area (TPSA) is 58.2 Å². The van der Waals surface area contributed by atoms with E-state index in [4.69, 9.17) is 0 Å². The van der Waals surface area contributed by atoms with Crippen LogP contribution in [0.2, 0.25) is 0 Å². The number of rotatable bonds is 2. The second-order valence-corrected chi connectivity index (χ2v) is 3.45. The molecule has 1 rings (SSSR count). The van der Waals surface area contributed by atoms with Crippen molar-refractivity contribution in [3.05, 3.63) is 35.9 Å². The van der Waals surface area contributed by atoms with Gasteiger partial charge in [0.25, 0.3) is 0 Å². The molecule has 0 bridgehead atoms. The summed E-state index contributed by atoms with van der Waals surface area (Å²) in [6, 6.07) is 9.40. The van der Waals surface area contributed by atoms with Gasteiger partial charge in [-0.05, 0) is 5.56 Å². The van der Waals surface area contributed by atoms with Crippen LogP contribution in [-0.4, -0.2) is 18.9 Å². The third-order valence-electron chi connectivity index (χ3n) is 1.73. The van der Waals surface area contributed by atoms with Crippen molar-refractivity contribution >= 4 is 11.8 Å². The van der Waals surface area contributed by atoms with Crippen LogP contribution in [0.5, 0.6) is 0 Å². The van der Waals surface area contributed by atoms with Gasteiger partial charge < -0.3 is 10.6 Å². The summed E-state index contributed by atoms with van der Waals surface area (Å²) in [6.45, 7) is 4.62. The van der Waals surface area contributed by atoms with E-state index in [1.165, 1.54) is 13.5 Å². The molecule has 0 unspecified atom stereocenters. The van der Waals surface area contributed by atoms with Gasteiger partial charge in [0.1, 0.15) is 0 Å². The van der Waals surface area contributed by atoms with Crippen LogP contribution in [0.25, 0.3) is 0 Å². The highest BCUT2D eigenvalue weighted by Gasteiger charge is 2.09. The van der Waals surface area contributed by atoms with E-state index in [1.807, 2.05) is 30.3 Å². The molecule has 94 valence electrons. The zero-order chi connectivity index (χ0) is 13.1. The third-order valence-corrected chi connectivity index (χ3v) is 1.73. The second-order valence-electron chi connectivity index (χ2n) is 3.45. The lowest BCUT2D eigenvalue weighted by Crippen LogP contribution is -2.37. The highest BCUT2D eigenvalue weighted by molar-refractivity contribution is 6.34. The molecule has 0 atom stereocenters. The molecule has 17 heavy (non-hydrogen) atoms. The summed E-state index contributed by atoms with van der Waals surface area (Å²) < 4.78 is 0. The maximum Gasteiger partial charge on any atom is 0.309 e. The number of likely N-dealkylation sites (N-methyl/N-ethyl adjacent to an activating group) is 1. The maximum atomic E-state index is 11.0. The van der Waals surface area contributed by atoms with Crippen LogP contribution in [-0.2, 0) is 16.1 Å². The molecular formula is C13H20N2O2. The van der Waals surface area contributed by atoms with Gasteiger partial charge in [-0.1, -0.05) is 50.6 Å². The monoisotopic (exact) mass is 236 g/mol. The average molecular weight is 236 g/mol. The molecule has 2 amide bonds. The molecule has 0 aliphatic rings. The predicted octanol–water partition coefficient (Wildman–Crippen LogP) is 1.47. The van der Waals surface area contributed by atoms with E-state index < -0.39 is 11.8 Å². The van der Waals surface area contributed by atoms with Crippen molar-refractivity contribution in [2.24, 2.45) is 0 Å². The second kappa shape index (κ2) is 9.39. The van der Waals surface area contributed by atoms with Crippen molar-refractivity contribution in [3.63, 3.8) is 0 Å². The predicted molar refractivity (Wildman–Crippen MR) is 68.3 cm³/mol. The molecule has 2 N–H and O–H groups in total. The molecule has 0 aliphatic heterocycles. The van der Waals surface area contributed by atoms with E-state index in [2.05, 4.69) is 24.5 Å².